The molecule has 148 valence electrons. The lowest BCUT2D eigenvalue weighted by atomic mass is 9.78. The van der Waals surface area contributed by atoms with Crippen molar-refractivity contribution in [3.63, 3.8) is 0 Å². The van der Waals surface area contributed by atoms with Crippen molar-refractivity contribution in [1.82, 2.24) is 4.98 Å². The van der Waals surface area contributed by atoms with Gasteiger partial charge in [0.15, 0.2) is 0 Å². The monoisotopic (exact) mass is 390 g/mol. The molecule has 2 aromatic carbocycles. The molecule has 29 heavy (non-hydrogen) atoms. The minimum atomic E-state index is -0.686. The fraction of sp³-hybridized carbons (Fsp3) is 0.250. The van der Waals surface area contributed by atoms with Crippen LogP contribution in [0.15, 0.2) is 73.1 Å². The standard InChI is InChI=1S/C24H23FN2O2/c25-20-8-3-7-19(14-20)24(11-1-2-12-24)23(28)27-21-9-4-10-22(15-21)29-17-18-6-5-13-26-16-18/h3-10,13-16H,1-2,11-12,17H2,(H,27,28). The Kier molecular flexibility index (Phi) is 5.56. The van der Waals surface area contributed by atoms with Crippen LogP contribution in [0.2, 0.25) is 0 Å². The maximum absolute atomic E-state index is 13.8. The highest BCUT2D eigenvalue weighted by Crippen LogP contribution is 2.42. The van der Waals surface area contributed by atoms with Crippen LogP contribution in [0.1, 0.15) is 36.8 Å². The van der Waals surface area contributed by atoms with Crippen molar-refractivity contribution in [2.75, 3.05) is 5.32 Å². The Morgan fingerprint density at radius 1 is 1.07 bits per heavy atom. The number of hydrogen-bond donors (Lipinski definition) is 1. The van der Waals surface area contributed by atoms with E-state index in [2.05, 4.69) is 10.3 Å². The van der Waals surface area contributed by atoms with E-state index in [4.69, 9.17) is 4.74 Å². The van der Waals surface area contributed by atoms with E-state index in [9.17, 15) is 9.18 Å². The van der Waals surface area contributed by atoms with Crippen LogP contribution in [0.5, 0.6) is 5.75 Å². The van der Waals surface area contributed by atoms with Gasteiger partial charge in [-0.2, -0.15) is 0 Å². The van der Waals surface area contributed by atoms with Gasteiger partial charge in [0.25, 0.3) is 0 Å². The second-order valence-electron chi connectivity index (χ2n) is 7.43. The maximum Gasteiger partial charge on any atom is 0.235 e. The number of carbonyl (C=O) groups excluding carboxylic acids is 1. The first-order valence-corrected chi connectivity index (χ1v) is 9.85. The molecule has 0 saturated heterocycles. The molecular formula is C24H23FN2O2. The predicted octanol–water partition coefficient (Wildman–Crippen LogP) is 5.25. The number of aromatic nitrogens is 1. The summed E-state index contributed by atoms with van der Waals surface area (Å²) in [6.45, 7) is 0.401. The quantitative estimate of drug-likeness (QED) is 0.625. The van der Waals surface area contributed by atoms with E-state index in [0.29, 0.717) is 18.0 Å². The number of amides is 1. The maximum atomic E-state index is 13.8. The number of nitrogens with one attached hydrogen (secondary N) is 1. The first kappa shape index (κ1) is 19.1. The Labute approximate surface area is 169 Å². The highest BCUT2D eigenvalue weighted by molar-refractivity contribution is 5.99. The second-order valence-corrected chi connectivity index (χ2v) is 7.43. The number of nitrogens with zero attached hydrogens (tertiary/aromatic N) is 1. The van der Waals surface area contributed by atoms with Gasteiger partial charge in [-0.05, 0) is 48.7 Å². The number of ether oxygens (including phenoxy) is 1. The summed E-state index contributed by atoms with van der Waals surface area (Å²) in [4.78, 5) is 17.3. The molecule has 0 spiro atoms. The summed E-state index contributed by atoms with van der Waals surface area (Å²) in [5.74, 6) is 0.260. The van der Waals surface area contributed by atoms with E-state index in [1.165, 1.54) is 12.1 Å². The summed E-state index contributed by atoms with van der Waals surface area (Å²) in [5, 5.41) is 3.03. The summed E-state index contributed by atoms with van der Waals surface area (Å²) in [6, 6.07) is 17.6. The van der Waals surface area contributed by atoms with Crippen molar-refractivity contribution < 1.29 is 13.9 Å². The van der Waals surface area contributed by atoms with Gasteiger partial charge in [-0.15, -0.1) is 0 Å². The topological polar surface area (TPSA) is 51.2 Å². The molecule has 0 aliphatic heterocycles. The Hall–Kier alpha value is -3.21. The number of rotatable bonds is 6. The van der Waals surface area contributed by atoms with Gasteiger partial charge in [0.05, 0.1) is 5.41 Å². The third-order valence-corrected chi connectivity index (χ3v) is 5.49. The first-order chi connectivity index (χ1) is 14.2. The molecule has 5 heteroatoms. The molecule has 0 unspecified atom stereocenters. The van der Waals surface area contributed by atoms with Gasteiger partial charge >= 0.3 is 0 Å². The van der Waals surface area contributed by atoms with E-state index in [-0.39, 0.29) is 11.7 Å². The fourth-order valence-electron chi connectivity index (χ4n) is 3.98. The van der Waals surface area contributed by atoms with E-state index in [0.717, 1.165) is 36.8 Å². The Morgan fingerprint density at radius 2 is 1.90 bits per heavy atom. The number of halogens is 1. The third-order valence-electron chi connectivity index (χ3n) is 5.49. The zero-order chi connectivity index (χ0) is 20.1. The second kappa shape index (κ2) is 8.43. The summed E-state index contributed by atoms with van der Waals surface area (Å²) < 4.78 is 19.6. The largest absolute Gasteiger partial charge is 0.489 e. The summed E-state index contributed by atoms with van der Waals surface area (Å²) in [6.07, 6.45) is 6.83. The number of anilines is 1. The molecular weight excluding hydrogens is 367 g/mol. The van der Waals surface area contributed by atoms with Crippen LogP contribution >= 0.6 is 0 Å². The molecule has 1 fully saturated rings. The van der Waals surface area contributed by atoms with Gasteiger partial charge in [-0.25, -0.2) is 4.39 Å². The smallest absolute Gasteiger partial charge is 0.235 e. The SMILES string of the molecule is O=C(Nc1cccc(OCc2cccnc2)c1)C1(c2cccc(F)c2)CCCC1. The van der Waals surface area contributed by atoms with E-state index in [1.807, 2.05) is 42.5 Å². The lowest BCUT2D eigenvalue weighted by molar-refractivity contribution is -0.121. The summed E-state index contributed by atoms with van der Waals surface area (Å²) in [5.41, 5.74) is 1.70. The molecule has 1 saturated carbocycles. The van der Waals surface area contributed by atoms with Gasteiger partial charge in [0, 0.05) is 29.7 Å². The molecule has 4 rings (SSSR count). The van der Waals surface area contributed by atoms with Crippen LogP contribution in [-0.4, -0.2) is 10.9 Å². The van der Waals surface area contributed by atoms with Gasteiger partial charge in [-0.1, -0.05) is 37.1 Å². The fourth-order valence-corrected chi connectivity index (χ4v) is 3.98. The van der Waals surface area contributed by atoms with Crippen molar-refractivity contribution in [3.05, 3.63) is 90.0 Å². The van der Waals surface area contributed by atoms with Gasteiger partial charge in [0.1, 0.15) is 18.2 Å². The highest BCUT2D eigenvalue weighted by atomic mass is 19.1. The van der Waals surface area contributed by atoms with Gasteiger partial charge in [0.2, 0.25) is 5.91 Å². The molecule has 1 amide bonds. The molecule has 1 aliphatic rings. The average Bonchev–Trinajstić information content (AvgIpc) is 3.25. The molecule has 1 aromatic heterocycles. The van der Waals surface area contributed by atoms with Crippen molar-refractivity contribution in [3.8, 4) is 5.75 Å². The van der Waals surface area contributed by atoms with Crippen LogP contribution in [0, 0.1) is 5.82 Å². The number of hydrogen-bond acceptors (Lipinski definition) is 3. The lowest BCUT2D eigenvalue weighted by Gasteiger charge is -2.28. The number of carbonyl (C=O) groups is 1. The lowest BCUT2D eigenvalue weighted by Crippen LogP contribution is -2.38. The van der Waals surface area contributed by atoms with E-state index < -0.39 is 5.41 Å². The molecule has 0 atom stereocenters. The molecule has 1 N–H and O–H groups in total. The zero-order valence-corrected chi connectivity index (χ0v) is 16.1. The van der Waals surface area contributed by atoms with Crippen molar-refractivity contribution in [2.24, 2.45) is 0 Å². The van der Waals surface area contributed by atoms with Crippen LogP contribution < -0.4 is 10.1 Å². The van der Waals surface area contributed by atoms with Crippen molar-refractivity contribution >= 4 is 11.6 Å². The first-order valence-electron chi connectivity index (χ1n) is 9.85. The molecule has 1 aliphatic carbocycles. The normalized spacial score (nSPS) is 15.1. The Bertz CT molecular complexity index is 985. The highest BCUT2D eigenvalue weighted by Gasteiger charge is 2.42. The van der Waals surface area contributed by atoms with Crippen molar-refractivity contribution in [1.29, 1.82) is 0 Å². The van der Waals surface area contributed by atoms with Crippen LogP contribution in [0.4, 0.5) is 10.1 Å². The van der Waals surface area contributed by atoms with Crippen LogP contribution in [-0.2, 0) is 16.8 Å². The minimum Gasteiger partial charge on any atom is -0.489 e. The molecule has 0 bridgehead atoms. The Morgan fingerprint density at radius 3 is 2.66 bits per heavy atom. The predicted molar refractivity (Wildman–Crippen MR) is 110 cm³/mol. The summed E-state index contributed by atoms with van der Waals surface area (Å²) >= 11 is 0. The number of pyridine rings is 1. The van der Waals surface area contributed by atoms with Gasteiger partial charge in [-0.3, -0.25) is 9.78 Å². The van der Waals surface area contributed by atoms with E-state index in [1.54, 1.807) is 18.5 Å². The Balaban J connectivity index is 1.50. The third kappa shape index (κ3) is 4.29. The van der Waals surface area contributed by atoms with Gasteiger partial charge < -0.3 is 10.1 Å². The average molecular weight is 390 g/mol. The van der Waals surface area contributed by atoms with Crippen LogP contribution in [0.3, 0.4) is 0 Å². The van der Waals surface area contributed by atoms with E-state index >= 15 is 0 Å². The van der Waals surface area contributed by atoms with Crippen LogP contribution in [0.25, 0.3) is 0 Å². The zero-order valence-electron chi connectivity index (χ0n) is 16.1. The molecule has 4 nitrogen and oxygen atoms in total. The molecule has 0 radical (unpaired) electrons. The van der Waals surface area contributed by atoms with Crippen molar-refractivity contribution in [2.45, 2.75) is 37.7 Å². The molecule has 3 aromatic rings. The number of benzene rings is 2. The molecule has 1 heterocycles. The summed E-state index contributed by atoms with van der Waals surface area (Å²) in [7, 11) is 0. The minimum absolute atomic E-state index is 0.0926.